The predicted molar refractivity (Wildman–Crippen MR) is 75.7 cm³/mol. The summed E-state index contributed by atoms with van der Waals surface area (Å²) in [5.41, 5.74) is 1.02. The van der Waals surface area contributed by atoms with E-state index in [2.05, 4.69) is 19.4 Å². The summed E-state index contributed by atoms with van der Waals surface area (Å²) in [4.78, 5) is 3.29. The van der Waals surface area contributed by atoms with Gasteiger partial charge >= 0.3 is 12.1 Å². The van der Waals surface area contributed by atoms with Gasteiger partial charge in [0.2, 0.25) is 15.8 Å². The number of hydrogen-bond acceptors (Lipinski definition) is 5. The second-order valence-corrected chi connectivity index (χ2v) is 6.67. The lowest BCUT2D eigenvalue weighted by Gasteiger charge is -2.16. The molecule has 10 heteroatoms. The highest BCUT2D eigenvalue weighted by Gasteiger charge is 2.38. The van der Waals surface area contributed by atoms with E-state index in [9.17, 15) is 21.6 Å². The lowest BCUT2D eigenvalue weighted by molar-refractivity contribution is -0.159. The molecule has 0 aliphatic rings. The summed E-state index contributed by atoms with van der Waals surface area (Å²) in [6.07, 6.45) is -3.12. The second kappa shape index (κ2) is 6.28. The number of rotatable bonds is 5. The van der Waals surface area contributed by atoms with E-state index < -0.39 is 28.1 Å². The van der Waals surface area contributed by atoms with Gasteiger partial charge in [-0.1, -0.05) is 36.3 Å². The molecule has 126 valence electrons. The number of sulfonamides is 1. The minimum absolute atomic E-state index is 0.187. The van der Waals surface area contributed by atoms with Gasteiger partial charge in [0.25, 0.3) is 0 Å². The van der Waals surface area contributed by atoms with Crippen molar-refractivity contribution in [2.45, 2.75) is 25.6 Å². The summed E-state index contributed by atoms with van der Waals surface area (Å²) in [6.45, 7) is 1.81. The van der Waals surface area contributed by atoms with Crippen LogP contribution in [0.3, 0.4) is 0 Å². The molecular formula is C13H14F3N3O3S. The molecule has 0 bridgehead atoms. The van der Waals surface area contributed by atoms with Crippen LogP contribution < -0.4 is 4.72 Å². The van der Waals surface area contributed by atoms with Crippen molar-refractivity contribution in [3.05, 3.63) is 35.7 Å². The summed E-state index contributed by atoms with van der Waals surface area (Å²) in [5, 5.41) is 3.29. The van der Waals surface area contributed by atoms with Crippen molar-refractivity contribution >= 4 is 10.0 Å². The number of halogens is 3. The standard InChI is InChI=1S/C13H14F3N3O3S/c1-3-10(19-23(2,20)21)8-4-6-9(7-5-8)11-17-12(22-18-11)13(14,15)16/h4-7,10,19H,3H2,1-2H3. The number of nitrogens with one attached hydrogen (secondary N) is 1. The number of aromatic nitrogens is 2. The third-order valence-electron chi connectivity index (χ3n) is 3.00. The van der Waals surface area contributed by atoms with Crippen LogP contribution in [0.25, 0.3) is 11.4 Å². The number of hydrogen-bond donors (Lipinski definition) is 1. The highest BCUT2D eigenvalue weighted by atomic mass is 32.2. The zero-order valence-electron chi connectivity index (χ0n) is 12.3. The van der Waals surface area contributed by atoms with Crippen molar-refractivity contribution in [2.75, 3.05) is 6.26 Å². The lowest BCUT2D eigenvalue weighted by atomic mass is 10.0. The zero-order valence-corrected chi connectivity index (χ0v) is 13.1. The first kappa shape index (κ1) is 17.4. The summed E-state index contributed by atoms with van der Waals surface area (Å²) < 4.78 is 66.6. The summed E-state index contributed by atoms with van der Waals surface area (Å²) in [7, 11) is -3.37. The molecule has 0 amide bonds. The molecule has 0 spiro atoms. The highest BCUT2D eigenvalue weighted by Crippen LogP contribution is 2.29. The van der Waals surface area contributed by atoms with E-state index in [0.717, 1.165) is 6.26 Å². The van der Waals surface area contributed by atoms with Crippen molar-refractivity contribution in [1.29, 1.82) is 0 Å². The number of benzene rings is 1. The normalized spacial score (nSPS) is 14.0. The maximum atomic E-state index is 12.4. The molecule has 2 rings (SSSR count). The fourth-order valence-electron chi connectivity index (χ4n) is 1.97. The Morgan fingerprint density at radius 1 is 1.26 bits per heavy atom. The minimum Gasteiger partial charge on any atom is -0.329 e. The first-order valence-electron chi connectivity index (χ1n) is 6.58. The van der Waals surface area contributed by atoms with Crippen LogP contribution >= 0.6 is 0 Å². The third kappa shape index (κ3) is 4.52. The summed E-state index contributed by atoms with van der Waals surface area (Å²) in [6, 6.07) is 5.80. The second-order valence-electron chi connectivity index (χ2n) is 4.89. The molecule has 1 atom stereocenters. The SMILES string of the molecule is CCC(NS(C)(=O)=O)c1ccc(-c2noc(C(F)(F)F)n2)cc1. The van der Waals surface area contributed by atoms with Gasteiger partial charge in [0, 0.05) is 11.6 Å². The van der Waals surface area contributed by atoms with Crippen LogP contribution in [0.15, 0.2) is 28.8 Å². The van der Waals surface area contributed by atoms with Crippen LogP contribution in [0.5, 0.6) is 0 Å². The topological polar surface area (TPSA) is 85.1 Å². The maximum Gasteiger partial charge on any atom is 0.471 e. The van der Waals surface area contributed by atoms with E-state index in [1.54, 1.807) is 12.1 Å². The van der Waals surface area contributed by atoms with E-state index in [-0.39, 0.29) is 5.82 Å². The van der Waals surface area contributed by atoms with Gasteiger partial charge in [-0.15, -0.1) is 0 Å². The largest absolute Gasteiger partial charge is 0.471 e. The van der Waals surface area contributed by atoms with Crippen molar-refractivity contribution in [3.8, 4) is 11.4 Å². The number of alkyl halides is 3. The van der Waals surface area contributed by atoms with Crippen molar-refractivity contribution in [3.63, 3.8) is 0 Å². The van der Waals surface area contributed by atoms with Crippen LogP contribution in [0.4, 0.5) is 13.2 Å². The van der Waals surface area contributed by atoms with Gasteiger partial charge in [0.05, 0.1) is 6.26 Å². The van der Waals surface area contributed by atoms with Crippen molar-refractivity contribution in [2.24, 2.45) is 0 Å². The monoisotopic (exact) mass is 349 g/mol. The van der Waals surface area contributed by atoms with Crippen LogP contribution in [0, 0.1) is 0 Å². The number of nitrogens with zero attached hydrogens (tertiary/aromatic N) is 2. The first-order valence-corrected chi connectivity index (χ1v) is 8.48. The molecule has 0 saturated heterocycles. The van der Waals surface area contributed by atoms with Gasteiger partial charge in [-0.2, -0.15) is 18.2 Å². The van der Waals surface area contributed by atoms with Crippen molar-refractivity contribution < 1.29 is 26.1 Å². The summed E-state index contributed by atoms with van der Waals surface area (Å²) >= 11 is 0. The molecule has 0 aliphatic heterocycles. The molecule has 1 aromatic heterocycles. The Morgan fingerprint density at radius 3 is 2.30 bits per heavy atom. The van der Waals surface area contributed by atoms with Gasteiger partial charge in [0.1, 0.15) is 0 Å². The fourth-order valence-corrected chi connectivity index (χ4v) is 2.79. The Hall–Kier alpha value is -1.94. The van der Waals surface area contributed by atoms with E-state index in [1.165, 1.54) is 12.1 Å². The Kier molecular flexibility index (Phi) is 4.76. The molecule has 0 radical (unpaired) electrons. The van der Waals surface area contributed by atoms with Gasteiger partial charge < -0.3 is 4.52 Å². The molecule has 0 aliphatic carbocycles. The van der Waals surface area contributed by atoms with Gasteiger partial charge in [0.15, 0.2) is 0 Å². The van der Waals surface area contributed by atoms with Crippen LogP contribution in [0.2, 0.25) is 0 Å². The molecule has 23 heavy (non-hydrogen) atoms. The summed E-state index contributed by atoms with van der Waals surface area (Å²) in [5.74, 6) is -1.60. The predicted octanol–water partition coefficient (Wildman–Crippen LogP) is 2.76. The van der Waals surface area contributed by atoms with E-state index in [1.807, 2.05) is 6.92 Å². The van der Waals surface area contributed by atoms with E-state index in [0.29, 0.717) is 17.5 Å². The Bertz CT molecular complexity index is 770. The lowest BCUT2D eigenvalue weighted by Crippen LogP contribution is -2.26. The van der Waals surface area contributed by atoms with E-state index >= 15 is 0 Å². The van der Waals surface area contributed by atoms with Crippen LogP contribution in [-0.4, -0.2) is 24.8 Å². The first-order chi connectivity index (χ1) is 10.6. The average molecular weight is 349 g/mol. The third-order valence-corrected chi connectivity index (χ3v) is 3.72. The maximum absolute atomic E-state index is 12.4. The smallest absolute Gasteiger partial charge is 0.329 e. The molecule has 0 saturated carbocycles. The Morgan fingerprint density at radius 2 is 1.87 bits per heavy atom. The Balaban J connectivity index is 2.23. The van der Waals surface area contributed by atoms with Gasteiger partial charge in [-0.3, -0.25) is 0 Å². The van der Waals surface area contributed by atoms with Gasteiger partial charge in [-0.05, 0) is 12.0 Å². The van der Waals surface area contributed by atoms with Crippen LogP contribution in [0.1, 0.15) is 30.8 Å². The highest BCUT2D eigenvalue weighted by molar-refractivity contribution is 7.88. The molecule has 1 aromatic carbocycles. The van der Waals surface area contributed by atoms with Gasteiger partial charge in [-0.25, -0.2) is 13.1 Å². The van der Waals surface area contributed by atoms with Crippen molar-refractivity contribution in [1.82, 2.24) is 14.9 Å². The molecule has 1 heterocycles. The molecule has 6 nitrogen and oxygen atoms in total. The minimum atomic E-state index is -4.70. The molecular weight excluding hydrogens is 335 g/mol. The average Bonchev–Trinajstić information content (AvgIpc) is 2.94. The molecule has 0 fully saturated rings. The Labute approximate surface area is 130 Å². The fraction of sp³-hybridized carbons (Fsp3) is 0.385. The zero-order chi connectivity index (χ0) is 17.3. The molecule has 2 aromatic rings. The molecule has 1 N–H and O–H groups in total. The van der Waals surface area contributed by atoms with Crippen LogP contribution in [-0.2, 0) is 16.2 Å². The van der Waals surface area contributed by atoms with E-state index in [4.69, 9.17) is 0 Å². The molecule has 1 unspecified atom stereocenters. The quantitative estimate of drug-likeness (QED) is 0.897.